The van der Waals surface area contributed by atoms with E-state index in [9.17, 15) is 14.4 Å². The van der Waals surface area contributed by atoms with Gasteiger partial charge in [-0.15, -0.1) is 21.5 Å². The molecule has 31 heavy (non-hydrogen) atoms. The minimum Gasteiger partial charge on any atom is -0.465 e. The van der Waals surface area contributed by atoms with Gasteiger partial charge in [0.25, 0.3) is 11.1 Å². The van der Waals surface area contributed by atoms with Crippen LogP contribution in [0.1, 0.15) is 20.8 Å². The number of hydrogen-bond acceptors (Lipinski definition) is 10. The minimum atomic E-state index is -0.619. The summed E-state index contributed by atoms with van der Waals surface area (Å²) in [6.45, 7) is 3.11. The van der Waals surface area contributed by atoms with Crippen LogP contribution in [0.5, 0.6) is 0 Å². The van der Waals surface area contributed by atoms with Crippen LogP contribution in [0, 0.1) is 13.8 Å². The second-order valence-corrected chi connectivity index (χ2v) is 8.37. The van der Waals surface area contributed by atoms with Crippen LogP contribution in [0.4, 0.5) is 5.00 Å². The van der Waals surface area contributed by atoms with E-state index in [-0.39, 0.29) is 11.0 Å². The van der Waals surface area contributed by atoms with Gasteiger partial charge in [0.1, 0.15) is 10.8 Å². The average Bonchev–Trinajstić information content (AvgIpc) is 3.35. The molecule has 2 aromatic heterocycles. The van der Waals surface area contributed by atoms with Gasteiger partial charge in [0.15, 0.2) is 6.61 Å². The van der Waals surface area contributed by atoms with E-state index in [1.54, 1.807) is 6.92 Å². The highest BCUT2D eigenvalue weighted by molar-refractivity contribution is 7.99. The molecule has 3 aromatic rings. The topological polar surface area (TPSA) is 121 Å². The number of thioether (sulfide) groups is 1. The second-order valence-electron chi connectivity index (χ2n) is 6.22. The molecule has 1 aromatic carbocycles. The van der Waals surface area contributed by atoms with E-state index >= 15 is 0 Å². The maximum Gasteiger partial charge on any atom is 0.341 e. The molecule has 0 aliphatic rings. The van der Waals surface area contributed by atoms with Crippen LogP contribution in [0.2, 0.25) is 0 Å². The number of hydrogen-bond donors (Lipinski definition) is 1. The Morgan fingerprint density at radius 2 is 1.90 bits per heavy atom. The first-order chi connectivity index (χ1) is 14.9. The molecule has 162 valence electrons. The molecule has 9 nitrogen and oxygen atoms in total. The second kappa shape index (κ2) is 10.2. The maximum atomic E-state index is 12.2. The van der Waals surface area contributed by atoms with Crippen molar-refractivity contribution in [1.29, 1.82) is 0 Å². The third-order valence-corrected chi connectivity index (χ3v) is 6.05. The Morgan fingerprint density at radius 1 is 1.16 bits per heavy atom. The van der Waals surface area contributed by atoms with Crippen molar-refractivity contribution in [3.05, 3.63) is 46.3 Å². The van der Waals surface area contributed by atoms with E-state index in [4.69, 9.17) is 13.9 Å². The first-order valence-corrected chi connectivity index (χ1v) is 10.8. The summed E-state index contributed by atoms with van der Waals surface area (Å²) in [4.78, 5) is 36.9. The lowest BCUT2D eigenvalue weighted by Gasteiger charge is -2.07. The van der Waals surface area contributed by atoms with E-state index in [1.807, 2.05) is 37.3 Å². The molecule has 1 amide bonds. The van der Waals surface area contributed by atoms with Gasteiger partial charge in [0.05, 0.1) is 12.7 Å². The number of aromatic nitrogens is 2. The van der Waals surface area contributed by atoms with Gasteiger partial charge in [0.2, 0.25) is 5.89 Å². The lowest BCUT2D eigenvalue weighted by Crippen LogP contribution is -2.22. The lowest BCUT2D eigenvalue weighted by atomic mass is 10.1. The molecule has 0 saturated heterocycles. The number of amides is 1. The zero-order valence-corrected chi connectivity index (χ0v) is 18.6. The molecule has 0 spiro atoms. The van der Waals surface area contributed by atoms with Gasteiger partial charge in [0, 0.05) is 10.4 Å². The summed E-state index contributed by atoms with van der Waals surface area (Å²) in [6.07, 6.45) is 0. The first kappa shape index (κ1) is 22.5. The number of carbonyl (C=O) groups is 3. The molecule has 0 bridgehead atoms. The lowest BCUT2D eigenvalue weighted by molar-refractivity contribution is -0.144. The molecule has 0 fully saturated rings. The number of ether oxygens (including phenoxy) is 2. The fraction of sp³-hybridized carbons (Fsp3) is 0.250. The normalized spacial score (nSPS) is 10.5. The smallest absolute Gasteiger partial charge is 0.341 e. The fourth-order valence-electron chi connectivity index (χ4n) is 2.50. The number of nitrogens with zero attached hydrogens (tertiary/aromatic N) is 2. The van der Waals surface area contributed by atoms with Crippen molar-refractivity contribution in [2.45, 2.75) is 19.1 Å². The van der Waals surface area contributed by atoms with Crippen molar-refractivity contribution in [1.82, 2.24) is 10.2 Å². The van der Waals surface area contributed by atoms with Crippen LogP contribution < -0.4 is 5.32 Å². The number of benzene rings is 1. The quantitative estimate of drug-likeness (QED) is 0.397. The standard InChI is InChI=1S/C20H19N3O6S2/c1-11-12(2)31-18(16(11)19(26)27-3)21-14(24)9-28-15(25)10-30-20-23-22-17(29-20)13-7-5-4-6-8-13/h4-8H,9-10H2,1-3H3,(H,21,24). The van der Waals surface area contributed by atoms with Crippen molar-refractivity contribution in [2.75, 3.05) is 24.8 Å². The van der Waals surface area contributed by atoms with Crippen LogP contribution in [0.3, 0.4) is 0 Å². The third-order valence-electron chi connectivity index (χ3n) is 4.13. The first-order valence-electron chi connectivity index (χ1n) is 9.04. The van der Waals surface area contributed by atoms with Gasteiger partial charge in [-0.25, -0.2) is 4.79 Å². The molecule has 0 aliphatic heterocycles. The van der Waals surface area contributed by atoms with Crippen LogP contribution in [0.15, 0.2) is 40.0 Å². The number of anilines is 1. The van der Waals surface area contributed by atoms with Crippen LogP contribution in [-0.2, 0) is 19.1 Å². The molecule has 0 atom stereocenters. The van der Waals surface area contributed by atoms with Gasteiger partial charge < -0.3 is 19.2 Å². The van der Waals surface area contributed by atoms with E-state index in [0.717, 1.165) is 27.8 Å². The monoisotopic (exact) mass is 461 g/mol. The van der Waals surface area contributed by atoms with Crippen LogP contribution in [0.25, 0.3) is 11.5 Å². The highest BCUT2D eigenvalue weighted by atomic mass is 32.2. The molecule has 0 unspecified atom stereocenters. The number of thiophene rings is 1. The number of esters is 2. The number of methoxy groups -OCH3 is 1. The summed E-state index contributed by atoms with van der Waals surface area (Å²) in [5.41, 5.74) is 1.80. The van der Waals surface area contributed by atoms with Crippen LogP contribution in [-0.4, -0.2) is 47.5 Å². The van der Waals surface area contributed by atoms with Crippen molar-refractivity contribution < 1.29 is 28.3 Å². The Balaban J connectivity index is 1.48. The average molecular weight is 462 g/mol. The molecular formula is C20H19N3O6S2. The Kier molecular flexibility index (Phi) is 7.42. The summed E-state index contributed by atoms with van der Waals surface area (Å²) < 4.78 is 15.2. The van der Waals surface area contributed by atoms with Gasteiger partial charge in [-0.3, -0.25) is 9.59 Å². The summed E-state index contributed by atoms with van der Waals surface area (Å²) in [5.74, 6) is -1.48. The zero-order chi connectivity index (χ0) is 22.4. The summed E-state index contributed by atoms with van der Waals surface area (Å²) in [7, 11) is 1.27. The molecule has 1 N–H and O–H groups in total. The largest absolute Gasteiger partial charge is 0.465 e. The third kappa shape index (κ3) is 5.70. The molecular weight excluding hydrogens is 442 g/mol. The molecule has 11 heteroatoms. The summed E-state index contributed by atoms with van der Waals surface area (Å²) in [6, 6.07) is 9.23. The van der Waals surface area contributed by atoms with Gasteiger partial charge in [-0.05, 0) is 31.5 Å². The highest BCUT2D eigenvalue weighted by Crippen LogP contribution is 2.32. The Labute approximate surface area is 186 Å². The van der Waals surface area contributed by atoms with Crippen LogP contribution >= 0.6 is 23.1 Å². The number of nitrogens with one attached hydrogen (secondary N) is 1. The Morgan fingerprint density at radius 3 is 2.61 bits per heavy atom. The molecule has 2 heterocycles. The summed E-state index contributed by atoms with van der Waals surface area (Å²) >= 11 is 2.26. The Hall–Kier alpha value is -3.18. The molecule has 0 saturated carbocycles. The van der Waals surface area contributed by atoms with E-state index < -0.39 is 24.5 Å². The number of carbonyl (C=O) groups excluding carboxylic acids is 3. The molecule has 0 radical (unpaired) electrons. The van der Waals surface area contributed by atoms with Gasteiger partial charge in [-0.1, -0.05) is 30.0 Å². The van der Waals surface area contributed by atoms with Gasteiger partial charge in [-0.2, -0.15) is 0 Å². The van der Waals surface area contributed by atoms with Crippen molar-refractivity contribution in [3.63, 3.8) is 0 Å². The maximum absolute atomic E-state index is 12.2. The predicted octanol–water partition coefficient (Wildman–Crippen LogP) is 3.48. The fourth-order valence-corrected chi connectivity index (χ4v) is 4.13. The zero-order valence-electron chi connectivity index (χ0n) is 17.0. The van der Waals surface area contributed by atoms with E-state index in [2.05, 4.69) is 15.5 Å². The molecule has 3 rings (SSSR count). The summed E-state index contributed by atoms with van der Waals surface area (Å²) in [5, 5.41) is 11.0. The van der Waals surface area contributed by atoms with Crippen molar-refractivity contribution in [3.8, 4) is 11.5 Å². The predicted molar refractivity (Wildman–Crippen MR) is 115 cm³/mol. The van der Waals surface area contributed by atoms with Crippen molar-refractivity contribution >= 4 is 45.9 Å². The van der Waals surface area contributed by atoms with Gasteiger partial charge >= 0.3 is 11.9 Å². The highest BCUT2D eigenvalue weighted by Gasteiger charge is 2.22. The number of rotatable bonds is 8. The minimum absolute atomic E-state index is 0.103. The number of aryl methyl sites for hydroxylation is 1. The SMILES string of the molecule is COC(=O)c1c(NC(=O)COC(=O)CSc2nnc(-c3ccccc3)o2)sc(C)c1C. The van der Waals surface area contributed by atoms with E-state index in [1.165, 1.54) is 18.4 Å². The van der Waals surface area contributed by atoms with E-state index in [0.29, 0.717) is 16.5 Å². The molecule has 0 aliphatic carbocycles. The van der Waals surface area contributed by atoms with Crippen molar-refractivity contribution in [2.24, 2.45) is 0 Å². The Bertz CT molecular complexity index is 1090.